The van der Waals surface area contributed by atoms with Crippen molar-refractivity contribution in [2.24, 2.45) is 0 Å². The summed E-state index contributed by atoms with van der Waals surface area (Å²) < 4.78 is 44.3. The van der Waals surface area contributed by atoms with Crippen molar-refractivity contribution < 1.29 is 22.6 Å². The summed E-state index contributed by atoms with van der Waals surface area (Å²) >= 11 is 0. The Balaban J connectivity index is 1.85. The Morgan fingerprint density at radius 1 is 1.11 bits per heavy atom. The van der Waals surface area contributed by atoms with Crippen LogP contribution in [0.15, 0.2) is 47.4 Å². The summed E-state index contributed by atoms with van der Waals surface area (Å²) in [7, 11) is -2.24. The predicted octanol–water partition coefficient (Wildman–Crippen LogP) is 2.73. The predicted molar refractivity (Wildman–Crippen MR) is 104 cm³/mol. The molecule has 1 aliphatic heterocycles. The topological polar surface area (TPSA) is 77.1 Å². The fourth-order valence-corrected chi connectivity index (χ4v) is 3.94. The zero-order chi connectivity index (χ0) is 19.3. The van der Waals surface area contributed by atoms with E-state index in [9.17, 15) is 8.42 Å². The van der Waals surface area contributed by atoms with Gasteiger partial charge in [-0.3, -0.25) is 4.72 Å². The molecular weight excluding hydrogens is 368 g/mol. The van der Waals surface area contributed by atoms with Crippen molar-refractivity contribution in [3.8, 4) is 11.5 Å². The van der Waals surface area contributed by atoms with Gasteiger partial charge in [-0.1, -0.05) is 0 Å². The molecule has 0 unspecified atom stereocenters. The molecule has 0 atom stereocenters. The Labute approximate surface area is 159 Å². The average molecular weight is 392 g/mol. The van der Waals surface area contributed by atoms with E-state index in [0.29, 0.717) is 37.0 Å². The van der Waals surface area contributed by atoms with Crippen molar-refractivity contribution in [1.82, 2.24) is 0 Å². The molecule has 1 heterocycles. The molecule has 0 aliphatic carbocycles. The zero-order valence-corrected chi connectivity index (χ0v) is 16.3. The second-order valence-corrected chi connectivity index (χ2v) is 7.68. The maximum absolute atomic E-state index is 12.8. The SMILES string of the molecule is CCOc1ccc(S(=O)(=O)Nc2cc(N3CCOCC3)ccc2OC)cc1. The van der Waals surface area contributed by atoms with E-state index >= 15 is 0 Å². The minimum absolute atomic E-state index is 0.157. The van der Waals surface area contributed by atoms with Gasteiger partial charge in [-0.15, -0.1) is 0 Å². The maximum Gasteiger partial charge on any atom is 0.262 e. The molecule has 0 amide bonds. The normalized spacial score (nSPS) is 14.7. The second-order valence-electron chi connectivity index (χ2n) is 5.99. The quantitative estimate of drug-likeness (QED) is 0.781. The summed E-state index contributed by atoms with van der Waals surface area (Å²) in [6.07, 6.45) is 0. The molecule has 8 heteroatoms. The van der Waals surface area contributed by atoms with Crippen LogP contribution in [0.1, 0.15) is 6.92 Å². The third-order valence-electron chi connectivity index (χ3n) is 4.25. The van der Waals surface area contributed by atoms with Crippen LogP contribution >= 0.6 is 0 Å². The van der Waals surface area contributed by atoms with Crippen LogP contribution in [0.3, 0.4) is 0 Å². The zero-order valence-electron chi connectivity index (χ0n) is 15.5. The van der Waals surface area contributed by atoms with Gasteiger partial charge in [0.15, 0.2) is 0 Å². The summed E-state index contributed by atoms with van der Waals surface area (Å²) in [5, 5.41) is 0. The van der Waals surface area contributed by atoms with E-state index in [1.54, 1.807) is 24.3 Å². The molecule has 27 heavy (non-hydrogen) atoms. The summed E-state index contributed by atoms with van der Waals surface area (Å²) in [5.41, 5.74) is 1.32. The lowest BCUT2D eigenvalue weighted by molar-refractivity contribution is 0.122. The van der Waals surface area contributed by atoms with Gasteiger partial charge in [-0.25, -0.2) is 8.42 Å². The number of hydrogen-bond acceptors (Lipinski definition) is 6. The molecule has 0 bridgehead atoms. The van der Waals surface area contributed by atoms with Crippen molar-refractivity contribution in [3.05, 3.63) is 42.5 Å². The van der Waals surface area contributed by atoms with E-state index in [0.717, 1.165) is 18.8 Å². The van der Waals surface area contributed by atoms with Crippen LogP contribution in [-0.2, 0) is 14.8 Å². The van der Waals surface area contributed by atoms with Gasteiger partial charge in [0.05, 0.1) is 37.5 Å². The fourth-order valence-electron chi connectivity index (χ4n) is 2.88. The molecule has 0 spiro atoms. The van der Waals surface area contributed by atoms with Gasteiger partial charge in [0.2, 0.25) is 0 Å². The number of benzene rings is 2. The van der Waals surface area contributed by atoms with E-state index in [1.807, 2.05) is 13.0 Å². The molecule has 1 saturated heterocycles. The lowest BCUT2D eigenvalue weighted by atomic mass is 10.2. The van der Waals surface area contributed by atoms with Crippen LogP contribution in [-0.4, -0.2) is 48.4 Å². The van der Waals surface area contributed by atoms with E-state index in [1.165, 1.54) is 19.2 Å². The smallest absolute Gasteiger partial charge is 0.262 e. The Bertz CT molecular complexity index is 862. The standard InChI is InChI=1S/C19H24N2O5S/c1-3-26-16-5-7-17(8-6-16)27(22,23)20-18-14-15(4-9-19(18)24-2)21-10-12-25-13-11-21/h4-9,14,20H,3,10-13H2,1-2H3. The Morgan fingerprint density at radius 2 is 1.81 bits per heavy atom. The first-order chi connectivity index (χ1) is 13.0. The van der Waals surface area contributed by atoms with Crippen LogP contribution in [0.4, 0.5) is 11.4 Å². The molecule has 0 aromatic heterocycles. The van der Waals surface area contributed by atoms with Gasteiger partial charge < -0.3 is 19.1 Å². The second kappa shape index (κ2) is 8.49. The lowest BCUT2D eigenvalue weighted by Crippen LogP contribution is -2.36. The highest BCUT2D eigenvalue weighted by Crippen LogP contribution is 2.32. The molecule has 146 valence electrons. The Kier molecular flexibility index (Phi) is 6.08. The van der Waals surface area contributed by atoms with Gasteiger partial charge >= 0.3 is 0 Å². The van der Waals surface area contributed by atoms with Gasteiger partial charge in [-0.05, 0) is 49.4 Å². The number of nitrogens with one attached hydrogen (secondary N) is 1. The van der Waals surface area contributed by atoms with E-state index in [4.69, 9.17) is 14.2 Å². The largest absolute Gasteiger partial charge is 0.495 e. The molecule has 7 nitrogen and oxygen atoms in total. The number of morpholine rings is 1. The molecule has 0 saturated carbocycles. The fraction of sp³-hybridized carbons (Fsp3) is 0.368. The lowest BCUT2D eigenvalue weighted by Gasteiger charge is -2.29. The Morgan fingerprint density at radius 3 is 2.44 bits per heavy atom. The molecule has 1 fully saturated rings. The summed E-state index contributed by atoms with van der Waals surface area (Å²) in [5.74, 6) is 1.09. The van der Waals surface area contributed by atoms with Crippen LogP contribution in [0.5, 0.6) is 11.5 Å². The van der Waals surface area contributed by atoms with Crippen molar-refractivity contribution in [1.29, 1.82) is 0 Å². The molecule has 2 aromatic rings. The first kappa shape index (κ1) is 19.3. The number of sulfonamides is 1. The molecule has 3 rings (SSSR count). The first-order valence-corrected chi connectivity index (χ1v) is 10.3. The van der Waals surface area contributed by atoms with E-state index in [-0.39, 0.29) is 4.90 Å². The third kappa shape index (κ3) is 4.64. The molecule has 0 radical (unpaired) electrons. The number of anilines is 2. The summed E-state index contributed by atoms with van der Waals surface area (Å²) in [6, 6.07) is 11.8. The van der Waals surface area contributed by atoms with Gasteiger partial charge in [0, 0.05) is 18.8 Å². The highest BCUT2D eigenvalue weighted by atomic mass is 32.2. The maximum atomic E-state index is 12.8. The molecule has 1 N–H and O–H groups in total. The molecule has 1 aliphatic rings. The molecule has 2 aromatic carbocycles. The van der Waals surface area contributed by atoms with Gasteiger partial charge in [0.25, 0.3) is 10.0 Å². The third-order valence-corrected chi connectivity index (χ3v) is 5.63. The number of nitrogens with zero attached hydrogens (tertiary/aromatic N) is 1. The number of rotatable bonds is 7. The monoisotopic (exact) mass is 392 g/mol. The van der Waals surface area contributed by atoms with Gasteiger partial charge in [-0.2, -0.15) is 0 Å². The van der Waals surface area contributed by atoms with Crippen molar-refractivity contribution >= 4 is 21.4 Å². The minimum Gasteiger partial charge on any atom is -0.495 e. The first-order valence-electron chi connectivity index (χ1n) is 8.80. The highest BCUT2D eigenvalue weighted by Gasteiger charge is 2.19. The average Bonchev–Trinajstić information content (AvgIpc) is 2.69. The Hall–Kier alpha value is -2.45. The molecular formula is C19H24N2O5S. The summed E-state index contributed by atoms with van der Waals surface area (Å²) in [4.78, 5) is 2.31. The van der Waals surface area contributed by atoms with Crippen LogP contribution in [0, 0.1) is 0 Å². The van der Waals surface area contributed by atoms with Crippen LogP contribution in [0.2, 0.25) is 0 Å². The number of hydrogen-bond donors (Lipinski definition) is 1. The van der Waals surface area contributed by atoms with E-state index in [2.05, 4.69) is 9.62 Å². The highest BCUT2D eigenvalue weighted by molar-refractivity contribution is 7.92. The number of ether oxygens (including phenoxy) is 3. The summed E-state index contributed by atoms with van der Waals surface area (Å²) in [6.45, 7) is 5.23. The number of methoxy groups -OCH3 is 1. The minimum atomic E-state index is -3.75. The van der Waals surface area contributed by atoms with Crippen molar-refractivity contribution in [3.63, 3.8) is 0 Å². The van der Waals surface area contributed by atoms with Crippen LogP contribution < -0.4 is 19.1 Å². The van der Waals surface area contributed by atoms with Crippen molar-refractivity contribution in [2.75, 3.05) is 49.6 Å². The van der Waals surface area contributed by atoms with Gasteiger partial charge in [0.1, 0.15) is 11.5 Å². The van der Waals surface area contributed by atoms with Crippen molar-refractivity contribution in [2.45, 2.75) is 11.8 Å². The van der Waals surface area contributed by atoms with E-state index < -0.39 is 10.0 Å². The van der Waals surface area contributed by atoms with Crippen LogP contribution in [0.25, 0.3) is 0 Å².